The Hall–Kier alpha value is -2.92. The summed E-state index contributed by atoms with van der Waals surface area (Å²) in [5, 5.41) is 3.57. The summed E-state index contributed by atoms with van der Waals surface area (Å²) in [6, 6.07) is 17.1. The van der Waals surface area contributed by atoms with Crippen LogP contribution in [-0.4, -0.2) is 9.97 Å². The van der Waals surface area contributed by atoms with Gasteiger partial charge in [-0.05, 0) is 22.3 Å². The van der Waals surface area contributed by atoms with E-state index in [0.29, 0.717) is 12.4 Å². The average molecular weight is 303 g/mol. The van der Waals surface area contributed by atoms with E-state index in [-0.39, 0.29) is 12.0 Å². The third kappa shape index (κ3) is 2.31. The second kappa shape index (κ2) is 5.37. The molecule has 5 heteroatoms. The van der Waals surface area contributed by atoms with E-state index in [9.17, 15) is 0 Å². The lowest BCUT2D eigenvalue weighted by atomic mass is 10.1. The maximum absolute atomic E-state index is 5.92. The highest BCUT2D eigenvalue weighted by Gasteiger charge is 2.27. The van der Waals surface area contributed by atoms with Crippen LogP contribution in [0.1, 0.15) is 22.7 Å². The molecule has 2 aromatic carbocycles. The summed E-state index contributed by atoms with van der Waals surface area (Å²) in [5.41, 5.74) is 17.4. The van der Waals surface area contributed by atoms with Crippen molar-refractivity contribution in [3.8, 4) is 11.1 Å². The summed E-state index contributed by atoms with van der Waals surface area (Å²) in [6.07, 6.45) is 1.68. The Morgan fingerprint density at radius 1 is 0.913 bits per heavy atom. The number of rotatable bonds is 3. The monoisotopic (exact) mass is 303 g/mol. The maximum atomic E-state index is 5.92. The summed E-state index contributed by atoms with van der Waals surface area (Å²) in [4.78, 5) is 8.03. The number of benzene rings is 2. The molecule has 0 fully saturated rings. The number of fused-ring (bicyclic) bond motifs is 3. The van der Waals surface area contributed by atoms with Gasteiger partial charge in [0.1, 0.15) is 5.82 Å². The van der Waals surface area contributed by atoms with Crippen molar-refractivity contribution in [1.82, 2.24) is 15.3 Å². The maximum Gasteiger partial charge on any atom is 0.221 e. The Morgan fingerprint density at radius 2 is 1.52 bits per heavy atom. The van der Waals surface area contributed by atoms with Gasteiger partial charge in [0.05, 0.1) is 6.04 Å². The van der Waals surface area contributed by atoms with Gasteiger partial charge in [-0.3, -0.25) is 0 Å². The van der Waals surface area contributed by atoms with Crippen LogP contribution in [0.3, 0.4) is 0 Å². The summed E-state index contributed by atoms with van der Waals surface area (Å²) in [6.45, 7) is 0.583. The third-order valence-electron chi connectivity index (χ3n) is 4.25. The Balaban J connectivity index is 1.66. The number of hydrogen-bond donors (Lipinski definition) is 3. The highest BCUT2D eigenvalue weighted by Crippen LogP contribution is 2.43. The normalized spacial score (nSPS) is 12.9. The van der Waals surface area contributed by atoms with Crippen LogP contribution in [0.2, 0.25) is 0 Å². The zero-order valence-corrected chi connectivity index (χ0v) is 12.5. The van der Waals surface area contributed by atoms with Gasteiger partial charge in [-0.15, -0.1) is 0 Å². The van der Waals surface area contributed by atoms with Gasteiger partial charge in [0, 0.05) is 18.3 Å². The largest absolute Gasteiger partial charge is 0.383 e. The SMILES string of the molecule is Nc1ncc(CNC2c3ccccc3-c3ccccc32)c(N)n1. The van der Waals surface area contributed by atoms with Crippen molar-refractivity contribution < 1.29 is 0 Å². The van der Waals surface area contributed by atoms with E-state index in [1.54, 1.807) is 6.20 Å². The van der Waals surface area contributed by atoms with Crippen LogP contribution >= 0.6 is 0 Å². The number of nitrogen functional groups attached to an aromatic ring is 2. The number of nitrogens with one attached hydrogen (secondary N) is 1. The van der Waals surface area contributed by atoms with E-state index in [1.165, 1.54) is 22.3 Å². The molecule has 0 radical (unpaired) electrons. The van der Waals surface area contributed by atoms with Gasteiger partial charge >= 0.3 is 0 Å². The molecule has 0 spiro atoms. The molecule has 4 rings (SSSR count). The van der Waals surface area contributed by atoms with Crippen LogP contribution in [-0.2, 0) is 6.54 Å². The van der Waals surface area contributed by atoms with Gasteiger partial charge in [0.25, 0.3) is 0 Å². The van der Waals surface area contributed by atoms with E-state index in [2.05, 4.69) is 63.8 Å². The van der Waals surface area contributed by atoms with Crippen molar-refractivity contribution >= 4 is 11.8 Å². The first-order valence-corrected chi connectivity index (χ1v) is 7.52. The number of nitrogens with two attached hydrogens (primary N) is 2. The lowest BCUT2D eigenvalue weighted by Crippen LogP contribution is -2.21. The first-order valence-electron chi connectivity index (χ1n) is 7.52. The number of aromatic nitrogens is 2. The predicted octanol–water partition coefficient (Wildman–Crippen LogP) is 2.50. The Labute approximate surface area is 134 Å². The summed E-state index contributed by atoms with van der Waals surface area (Å²) < 4.78 is 0. The fraction of sp³-hybridized carbons (Fsp3) is 0.111. The molecule has 3 aromatic rings. The molecule has 5 nitrogen and oxygen atoms in total. The molecule has 0 unspecified atom stereocenters. The van der Waals surface area contributed by atoms with Crippen molar-refractivity contribution in [2.24, 2.45) is 0 Å². The van der Waals surface area contributed by atoms with Gasteiger partial charge in [-0.1, -0.05) is 48.5 Å². The first kappa shape index (κ1) is 13.7. The smallest absolute Gasteiger partial charge is 0.221 e. The van der Waals surface area contributed by atoms with Crippen LogP contribution < -0.4 is 16.8 Å². The second-order valence-electron chi connectivity index (χ2n) is 5.63. The molecule has 1 aromatic heterocycles. The van der Waals surface area contributed by atoms with E-state index >= 15 is 0 Å². The number of nitrogens with zero attached hydrogens (tertiary/aromatic N) is 2. The molecule has 23 heavy (non-hydrogen) atoms. The minimum atomic E-state index is 0.138. The second-order valence-corrected chi connectivity index (χ2v) is 5.63. The molecule has 0 saturated heterocycles. The lowest BCUT2D eigenvalue weighted by molar-refractivity contribution is 0.614. The van der Waals surface area contributed by atoms with E-state index in [0.717, 1.165) is 5.56 Å². The number of anilines is 2. The minimum absolute atomic E-state index is 0.138. The van der Waals surface area contributed by atoms with Crippen LogP contribution in [0.15, 0.2) is 54.7 Å². The van der Waals surface area contributed by atoms with Crippen molar-refractivity contribution in [2.45, 2.75) is 12.6 Å². The summed E-state index contributed by atoms with van der Waals surface area (Å²) >= 11 is 0. The zero-order valence-electron chi connectivity index (χ0n) is 12.5. The van der Waals surface area contributed by atoms with Crippen LogP contribution in [0.5, 0.6) is 0 Å². The van der Waals surface area contributed by atoms with Gasteiger partial charge in [-0.25, -0.2) is 4.98 Å². The van der Waals surface area contributed by atoms with Crippen LogP contribution in [0.25, 0.3) is 11.1 Å². The van der Waals surface area contributed by atoms with Crippen molar-refractivity contribution in [3.63, 3.8) is 0 Å². The van der Waals surface area contributed by atoms with Gasteiger partial charge in [0.15, 0.2) is 0 Å². The molecule has 0 bridgehead atoms. The number of hydrogen-bond acceptors (Lipinski definition) is 5. The topological polar surface area (TPSA) is 89.8 Å². The van der Waals surface area contributed by atoms with Crippen LogP contribution in [0, 0.1) is 0 Å². The predicted molar refractivity (Wildman–Crippen MR) is 91.4 cm³/mol. The van der Waals surface area contributed by atoms with E-state index < -0.39 is 0 Å². The summed E-state index contributed by atoms with van der Waals surface area (Å²) in [5.74, 6) is 0.618. The van der Waals surface area contributed by atoms with Gasteiger partial charge in [-0.2, -0.15) is 4.98 Å². The molecule has 0 saturated carbocycles. The van der Waals surface area contributed by atoms with Gasteiger partial charge in [0.2, 0.25) is 5.95 Å². The fourth-order valence-electron chi connectivity index (χ4n) is 3.16. The first-order chi connectivity index (χ1) is 11.2. The van der Waals surface area contributed by atoms with Gasteiger partial charge < -0.3 is 16.8 Å². The van der Waals surface area contributed by atoms with Crippen molar-refractivity contribution in [1.29, 1.82) is 0 Å². The molecule has 114 valence electrons. The third-order valence-corrected chi connectivity index (χ3v) is 4.25. The van der Waals surface area contributed by atoms with Crippen molar-refractivity contribution in [3.05, 3.63) is 71.4 Å². The molecule has 0 amide bonds. The molecule has 0 aliphatic heterocycles. The zero-order chi connectivity index (χ0) is 15.8. The van der Waals surface area contributed by atoms with Crippen LogP contribution in [0.4, 0.5) is 11.8 Å². The fourth-order valence-corrected chi connectivity index (χ4v) is 3.16. The summed E-state index contributed by atoms with van der Waals surface area (Å²) in [7, 11) is 0. The molecule has 1 heterocycles. The molecule has 1 aliphatic carbocycles. The average Bonchev–Trinajstić information content (AvgIpc) is 2.89. The Bertz CT molecular complexity index is 829. The van der Waals surface area contributed by atoms with E-state index in [4.69, 9.17) is 11.5 Å². The van der Waals surface area contributed by atoms with E-state index in [1.807, 2.05) is 0 Å². The van der Waals surface area contributed by atoms with Crippen molar-refractivity contribution in [2.75, 3.05) is 11.5 Å². The molecule has 5 N–H and O–H groups in total. The lowest BCUT2D eigenvalue weighted by Gasteiger charge is -2.16. The highest BCUT2D eigenvalue weighted by atomic mass is 15.0. The quantitative estimate of drug-likeness (QED) is 0.691. The molecule has 0 atom stereocenters. The minimum Gasteiger partial charge on any atom is -0.383 e. The molecular weight excluding hydrogens is 286 g/mol. The molecule has 1 aliphatic rings. The Kier molecular flexibility index (Phi) is 3.20. The highest BCUT2D eigenvalue weighted by molar-refractivity contribution is 5.78. The molecular formula is C18H17N5. The standard InChI is InChI=1S/C18H17N5/c19-17-11(10-22-18(20)23-17)9-21-16-14-7-3-1-5-12(14)13-6-2-4-8-15(13)16/h1-8,10,16,21H,9H2,(H4,19,20,22,23). The Morgan fingerprint density at radius 3 is 2.13 bits per heavy atom.